The lowest BCUT2D eigenvalue weighted by Crippen LogP contribution is -2.26. The Kier molecular flexibility index (Phi) is 7.00. The Hall–Kier alpha value is -2.47. The SMILES string of the molecule is COCCCNC(=O)c1ccc(NCCc2ccccc2)nn1. The van der Waals surface area contributed by atoms with Gasteiger partial charge >= 0.3 is 0 Å². The van der Waals surface area contributed by atoms with E-state index in [0.29, 0.717) is 24.7 Å². The molecule has 2 aromatic rings. The predicted molar refractivity (Wildman–Crippen MR) is 89.5 cm³/mol. The highest BCUT2D eigenvalue weighted by Crippen LogP contribution is 2.04. The molecule has 122 valence electrons. The molecule has 0 aliphatic carbocycles. The van der Waals surface area contributed by atoms with Gasteiger partial charge in [0.25, 0.3) is 5.91 Å². The van der Waals surface area contributed by atoms with Crippen LogP contribution in [0.4, 0.5) is 5.82 Å². The molecule has 0 unspecified atom stereocenters. The summed E-state index contributed by atoms with van der Waals surface area (Å²) in [7, 11) is 1.64. The molecular formula is C17H22N4O2. The summed E-state index contributed by atoms with van der Waals surface area (Å²) in [4.78, 5) is 11.8. The second-order valence-electron chi connectivity index (χ2n) is 5.07. The van der Waals surface area contributed by atoms with Crippen LogP contribution in [-0.2, 0) is 11.2 Å². The van der Waals surface area contributed by atoms with E-state index in [-0.39, 0.29) is 5.91 Å². The molecule has 0 aliphatic rings. The van der Waals surface area contributed by atoms with Gasteiger partial charge in [-0.15, -0.1) is 10.2 Å². The monoisotopic (exact) mass is 314 g/mol. The Labute approximate surface area is 136 Å². The lowest BCUT2D eigenvalue weighted by atomic mass is 10.1. The van der Waals surface area contributed by atoms with Crippen LogP contribution in [0.25, 0.3) is 0 Å². The number of carbonyl (C=O) groups is 1. The van der Waals surface area contributed by atoms with E-state index in [1.807, 2.05) is 18.2 Å². The molecule has 0 spiro atoms. The van der Waals surface area contributed by atoms with Gasteiger partial charge < -0.3 is 15.4 Å². The van der Waals surface area contributed by atoms with Gasteiger partial charge in [-0.25, -0.2) is 0 Å². The van der Waals surface area contributed by atoms with Crippen LogP contribution in [0.15, 0.2) is 42.5 Å². The van der Waals surface area contributed by atoms with Gasteiger partial charge in [0.1, 0.15) is 5.82 Å². The molecule has 6 nitrogen and oxygen atoms in total. The average molecular weight is 314 g/mol. The highest BCUT2D eigenvalue weighted by atomic mass is 16.5. The minimum absolute atomic E-state index is 0.218. The third-order valence-corrected chi connectivity index (χ3v) is 3.27. The summed E-state index contributed by atoms with van der Waals surface area (Å²) in [5.41, 5.74) is 1.58. The van der Waals surface area contributed by atoms with E-state index < -0.39 is 0 Å². The van der Waals surface area contributed by atoms with Crippen molar-refractivity contribution in [3.05, 3.63) is 53.7 Å². The van der Waals surface area contributed by atoms with Crippen molar-refractivity contribution in [2.75, 3.05) is 32.1 Å². The summed E-state index contributed by atoms with van der Waals surface area (Å²) in [5, 5.41) is 13.9. The maximum atomic E-state index is 11.8. The van der Waals surface area contributed by atoms with E-state index in [2.05, 4.69) is 33.0 Å². The molecule has 2 N–H and O–H groups in total. The second-order valence-corrected chi connectivity index (χ2v) is 5.07. The molecule has 0 aliphatic heterocycles. The molecule has 0 saturated heterocycles. The van der Waals surface area contributed by atoms with Crippen molar-refractivity contribution in [1.82, 2.24) is 15.5 Å². The Bertz CT molecular complexity index is 587. The first-order valence-electron chi connectivity index (χ1n) is 7.68. The van der Waals surface area contributed by atoms with Gasteiger partial charge in [-0.05, 0) is 30.5 Å². The number of anilines is 1. The van der Waals surface area contributed by atoms with Gasteiger partial charge in [-0.3, -0.25) is 4.79 Å². The minimum Gasteiger partial charge on any atom is -0.385 e. The van der Waals surface area contributed by atoms with Crippen LogP contribution in [0, 0.1) is 0 Å². The number of hydrogen-bond donors (Lipinski definition) is 2. The van der Waals surface area contributed by atoms with Crippen LogP contribution in [-0.4, -0.2) is 42.9 Å². The highest BCUT2D eigenvalue weighted by Gasteiger charge is 2.07. The third-order valence-electron chi connectivity index (χ3n) is 3.27. The highest BCUT2D eigenvalue weighted by molar-refractivity contribution is 5.92. The van der Waals surface area contributed by atoms with Crippen LogP contribution in [0.1, 0.15) is 22.5 Å². The first-order valence-corrected chi connectivity index (χ1v) is 7.68. The van der Waals surface area contributed by atoms with E-state index in [0.717, 1.165) is 19.4 Å². The molecule has 1 aromatic carbocycles. The van der Waals surface area contributed by atoms with Gasteiger partial charge in [0.2, 0.25) is 0 Å². The zero-order chi connectivity index (χ0) is 16.3. The first kappa shape index (κ1) is 16.9. The number of amides is 1. The molecule has 1 aromatic heterocycles. The summed E-state index contributed by atoms with van der Waals surface area (Å²) in [6, 6.07) is 13.7. The fraction of sp³-hybridized carbons (Fsp3) is 0.353. The number of nitrogens with zero attached hydrogens (tertiary/aromatic N) is 2. The Morgan fingerprint density at radius 2 is 1.91 bits per heavy atom. The van der Waals surface area contributed by atoms with Crippen molar-refractivity contribution in [3.8, 4) is 0 Å². The van der Waals surface area contributed by atoms with Crippen LogP contribution in [0.5, 0.6) is 0 Å². The van der Waals surface area contributed by atoms with Crippen molar-refractivity contribution in [1.29, 1.82) is 0 Å². The molecule has 0 saturated carbocycles. The maximum Gasteiger partial charge on any atom is 0.271 e. The summed E-state index contributed by atoms with van der Waals surface area (Å²) in [6.45, 7) is 1.95. The molecule has 1 amide bonds. The van der Waals surface area contributed by atoms with Crippen LogP contribution in [0.3, 0.4) is 0 Å². The molecule has 1 heterocycles. The largest absolute Gasteiger partial charge is 0.385 e. The molecule has 0 bridgehead atoms. The fourth-order valence-electron chi connectivity index (χ4n) is 2.04. The maximum absolute atomic E-state index is 11.8. The number of benzene rings is 1. The Morgan fingerprint density at radius 3 is 2.61 bits per heavy atom. The van der Waals surface area contributed by atoms with Crippen LogP contribution in [0.2, 0.25) is 0 Å². The normalized spacial score (nSPS) is 10.3. The summed E-state index contributed by atoms with van der Waals surface area (Å²) < 4.78 is 4.93. The predicted octanol–water partition coefficient (Wildman–Crippen LogP) is 1.90. The van der Waals surface area contributed by atoms with E-state index in [4.69, 9.17) is 4.74 Å². The molecule has 0 radical (unpaired) electrons. The third kappa shape index (κ3) is 6.04. The lowest BCUT2D eigenvalue weighted by Gasteiger charge is -2.06. The van der Waals surface area contributed by atoms with Gasteiger partial charge in [0.05, 0.1) is 0 Å². The van der Waals surface area contributed by atoms with Gasteiger partial charge in [0.15, 0.2) is 5.69 Å². The van der Waals surface area contributed by atoms with Gasteiger partial charge in [0, 0.05) is 26.8 Å². The van der Waals surface area contributed by atoms with E-state index in [1.54, 1.807) is 19.2 Å². The number of methoxy groups -OCH3 is 1. The number of ether oxygens (including phenoxy) is 1. The topological polar surface area (TPSA) is 76.1 Å². The van der Waals surface area contributed by atoms with Gasteiger partial charge in [-0.1, -0.05) is 30.3 Å². The van der Waals surface area contributed by atoms with Crippen LogP contribution < -0.4 is 10.6 Å². The quantitative estimate of drug-likeness (QED) is 0.691. The molecule has 23 heavy (non-hydrogen) atoms. The average Bonchev–Trinajstić information content (AvgIpc) is 2.60. The van der Waals surface area contributed by atoms with Crippen LogP contribution >= 0.6 is 0 Å². The standard InChI is InChI=1S/C17H22N4O2/c1-23-13-5-11-19-17(22)15-8-9-16(21-20-15)18-12-10-14-6-3-2-4-7-14/h2-4,6-9H,5,10-13H2,1H3,(H,18,21)(H,19,22). The van der Waals surface area contributed by atoms with E-state index >= 15 is 0 Å². The smallest absolute Gasteiger partial charge is 0.271 e. The van der Waals surface area contributed by atoms with Crippen molar-refractivity contribution >= 4 is 11.7 Å². The molecule has 0 atom stereocenters. The van der Waals surface area contributed by atoms with E-state index in [1.165, 1.54) is 5.56 Å². The van der Waals surface area contributed by atoms with Crippen molar-refractivity contribution in [2.24, 2.45) is 0 Å². The molecular weight excluding hydrogens is 292 g/mol. The van der Waals surface area contributed by atoms with Crippen molar-refractivity contribution in [2.45, 2.75) is 12.8 Å². The number of hydrogen-bond acceptors (Lipinski definition) is 5. The summed E-state index contributed by atoms with van der Waals surface area (Å²) in [6.07, 6.45) is 1.68. The fourth-order valence-corrected chi connectivity index (χ4v) is 2.04. The Balaban J connectivity index is 1.74. The first-order chi connectivity index (χ1) is 11.3. The molecule has 0 fully saturated rings. The van der Waals surface area contributed by atoms with Crippen molar-refractivity contribution < 1.29 is 9.53 Å². The molecule has 6 heteroatoms. The van der Waals surface area contributed by atoms with Crippen molar-refractivity contribution in [3.63, 3.8) is 0 Å². The zero-order valence-corrected chi connectivity index (χ0v) is 13.3. The minimum atomic E-state index is -0.218. The second kappa shape index (κ2) is 9.53. The lowest BCUT2D eigenvalue weighted by molar-refractivity contribution is 0.0942. The number of aromatic nitrogens is 2. The van der Waals surface area contributed by atoms with Gasteiger partial charge in [-0.2, -0.15) is 0 Å². The Morgan fingerprint density at radius 1 is 1.09 bits per heavy atom. The van der Waals surface area contributed by atoms with E-state index in [9.17, 15) is 4.79 Å². The number of nitrogens with one attached hydrogen (secondary N) is 2. The summed E-state index contributed by atoms with van der Waals surface area (Å²) in [5.74, 6) is 0.446. The molecule has 2 rings (SSSR count). The summed E-state index contributed by atoms with van der Waals surface area (Å²) >= 11 is 0. The number of carbonyl (C=O) groups excluding carboxylic acids is 1. The zero-order valence-electron chi connectivity index (χ0n) is 13.3. The number of rotatable bonds is 9.